The molecule has 0 bridgehead atoms. The number of fused-ring (bicyclic) bond motifs is 10. The second kappa shape index (κ2) is 17.4. The lowest BCUT2D eigenvalue weighted by atomic mass is 9.28. The smallest absolute Gasteiger partial charge is 0.219 e. The normalized spacial score (nSPS) is 27.1. The fourth-order valence-electron chi connectivity index (χ4n) is 15.6. The number of aryl methyl sites for hydroxylation is 1. The van der Waals surface area contributed by atoms with Crippen LogP contribution in [-0.2, 0) is 10.8 Å². The minimum atomic E-state index is 0.00116. The molecule has 0 spiro atoms. The molecule has 1 fully saturated rings. The van der Waals surface area contributed by atoms with Crippen LogP contribution in [0.2, 0.25) is 5.82 Å². The van der Waals surface area contributed by atoms with Crippen LogP contribution in [0.25, 0.3) is 22.3 Å². The highest BCUT2D eigenvalue weighted by atomic mass is 32.2. The Morgan fingerprint density at radius 1 is 0.684 bits per heavy atom. The van der Waals surface area contributed by atoms with E-state index in [1.165, 1.54) is 61.7 Å². The van der Waals surface area contributed by atoms with Gasteiger partial charge in [0.2, 0.25) is 6.71 Å². The van der Waals surface area contributed by atoms with E-state index in [1.54, 1.807) is 49.2 Å². The van der Waals surface area contributed by atoms with Gasteiger partial charge in [-0.05, 0) is 157 Å². The van der Waals surface area contributed by atoms with Crippen molar-refractivity contribution in [1.29, 1.82) is 0 Å². The Labute approximate surface area is 462 Å². The number of rotatable bonds is 5. The average molecular weight is 1020 g/mol. The maximum atomic E-state index is 2.95. The summed E-state index contributed by atoms with van der Waals surface area (Å²) in [6.45, 7) is 36.5. The Bertz CT molecular complexity index is 3390. The molecule has 0 amide bonds. The fraction of sp³-hybridized carbons (Fsp3) is 0.444. The van der Waals surface area contributed by atoms with E-state index in [-0.39, 0.29) is 40.5 Å². The molecule has 13 rings (SSSR count). The standard InChI is InChI=1S/C72H83BN2S/c1-41-33-53-64-65-63-52(62-50-23-19-20-24-61(50)76-68(62)66(64)65)38-48(72(13,14)15)39-55(63)73-54-29-28-49(74(56-30-25-45(35-42(56)2)69(4,5)6)57-31-26-46(36-43(57)3)70(7,8)9)40-59(54)75(60(34-41)67(53)73)58-32-27-47(71(10,11)12)37-51(58)44-21-17-16-18-22-44/h16-22,24-28,30,32-34,36-39,42,50,54,57,59,62,66,68H,23,29,31,35,40H2,1-15H3. The maximum absolute atomic E-state index is 2.95. The lowest BCUT2D eigenvalue weighted by Crippen LogP contribution is -2.61. The van der Waals surface area contributed by atoms with Gasteiger partial charge >= 0.3 is 0 Å². The van der Waals surface area contributed by atoms with Crippen LogP contribution in [0.3, 0.4) is 0 Å². The molecule has 3 heterocycles. The van der Waals surface area contributed by atoms with E-state index in [4.69, 9.17) is 0 Å². The number of anilines is 2. The molecule has 4 heteroatoms. The van der Waals surface area contributed by atoms with Crippen molar-refractivity contribution in [2.24, 2.45) is 28.6 Å². The Hall–Kier alpha value is -5.19. The first-order valence-electron chi connectivity index (χ1n) is 29.4. The maximum Gasteiger partial charge on any atom is 0.219 e. The van der Waals surface area contributed by atoms with Gasteiger partial charge in [-0.1, -0.05) is 204 Å². The molecule has 4 aromatic carbocycles. The SMILES string of the molecule is CC1=CC(C(C)(C)C)=CCC1N(C1=CCC2B3c4cc(C(C)(C)C)cc5c4C4=C(c6cc(C)cc(c63)N(c3ccc(C(C)(C)C)cc3-c3ccccc3)C2C1)C4C1SC2=CC=CCC2C51)C1=CC=C(C(C)(C)C)CC1C. The molecule has 3 aliphatic heterocycles. The van der Waals surface area contributed by atoms with E-state index < -0.39 is 0 Å². The first kappa shape index (κ1) is 50.3. The van der Waals surface area contributed by atoms with Crippen molar-refractivity contribution < 1.29 is 0 Å². The molecule has 2 nitrogen and oxygen atoms in total. The summed E-state index contributed by atoms with van der Waals surface area (Å²) in [6.07, 6.45) is 25.5. The van der Waals surface area contributed by atoms with Crippen LogP contribution in [0.15, 0.2) is 154 Å². The summed E-state index contributed by atoms with van der Waals surface area (Å²) in [5.41, 5.74) is 28.9. The quantitative estimate of drug-likeness (QED) is 0.184. The minimum absolute atomic E-state index is 0.00116. The second-order valence-corrected chi connectivity index (χ2v) is 30.1. The number of benzene rings is 4. The number of allylic oxidation sites excluding steroid dienone is 13. The van der Waals surface area contributed by atoms with Gasteiger partial charge in [0.05, 0.1) is 6.04 Å². The zero-order chi connectivity index (χ0) is 53.3. The topological polar surface area (TPSA) is 6.48 Å². The summed E-state index contributed by atoms with van der Waals surface area (Å²) >= 11 is 2.23. The van der Waals surface area contributed by atoms with Gasteiger partial charge in [-0.3, -0.25) is 0 Å². The molecule has 4 aromatic rings. The van der Waals surface area contributed by atoms with E-state index >= 15 is 0 Å². The third kappa shape index (κ3) is 7.93. The van der Waals surface area contributed by atoms with E-state index in [0.29, 0.717) is 34.7 Å². The molecule has 0 aromatic heterocycles. The number of nitrogens with zero attached hydrogens (tertiary/aromatic N) is 2. The summed E-state index contributed by atoms with van der Waals surface area (Å²) in [5, 5.41) is 0.551. The zero-order valence-electron chi connectivity index (χ0n) is 48.6. The molecule has 390 valence electrons. The monoisotopic (exact) mass is 1020 g/mol. The number of hydrogen-bond donors (Lipinski definition) is 0. The highest BCUT2D eigenvalue weighted by Gasteiger charge is 2.62. The van der Waals surface area contributed by atoms with Crippen LogP contribution < -0.4 is 15.8 Å². The van der Waals surface area contributed by atoms with Gasteiger partial charge in [0.15, 0.2) is 0 Å². The molecular weight excluding hydrogens is 936 g/mol. The predicted molar refractivity (Wildman–Crippen MR) is 330 cm³/mol. The molecule has 0 saturated carbocycles. The molecule has 76 heavy (non-hydrogen) atoms. The van der Waals surface area contributed by atoms with Crippen molar-refractivity contribution in [3.05, 3.63) is 188 Å². The lowest BCUT2D eigenvalue weighted by Gasteiger charge is -2.53. The van der Waals surface area contributed by atoms with Gasteiger partial charge in [-0.15, -0.1) is 11.8 Å². The summed E-state index contributed by atoms with van der Waals surface area (Å²) in [6, 6.07) is 30.2. The van der Waals surface area contributed by atoms with Crippen molar-refractivity contribution in [2.45, 2.75) is 176 Å². The second-order valence-electron chi connectivity index (χ2n) is 28.9. The summed E-state index contributed by atoms with van der Waals surface area (Å²) in [7, 11) is 0. The van der Waals surface area contributed by atoms with Gasteiger partial charge in [0, 0.05) is 69.7 Å². The molecular formula is C72H83BN2S. The summed E-state index contributed by atoms with van der Waals surface area (Å²) in [4.78, 5) is 7.47. The fourth-order valence-corrected chi connectivity index (χ4v) is 17.4. The third-order valence-corrected chi connectivity index (χ3v) is 21.3. The van der Waals surface area contributed by atoms with Gasteiger partial charge in [0.25, 0.3) is 0 Å². The molecule has 0 radical (unpaired) electrons. The Balaban J connectivity index is 1.07. The zero-order valence-corrected chi connectivity index (χ0v) is 49.4. The number of thioether (sulfide) groups is 1. The van der Waals surface area contributed by atoms with Crippen molar-refractivity contribution in [3.63, 3.8) is 0 Å². The Kier molecular flexibility index (Phi) is 11.5. The molecule has 8 unspecified atom stereocenters. The average Bonchev–Trinajstić information content (AvgIpc) is 4.20. The molecule has 0 N–H and O–H groups in total. The third-order valence-electron chi connectivity index (χ3n) is 19.8. The summed E-state index contributed by atoms with van der Waals surface area (Å²) in [5.74, 6) is 2.36. The predicted octanol–water partition coefficient (Wildman–Crippen LogP) is 17.9. The van der Waals surface area contributed by atoms with Gasteiger partial charge in [-0.25, -0.2) is 0 Å². The van der Waals surface area contributed by atoms with Crippen molar-refractivity contribution in [3.8, 4) is 11.1 Å². The Morgan fingerprint density at radius 3 is 2.14 bits per heavy atom. The van der Waals surface area contributed by atoms with Crippen LogP contribution in [0.1, 0.15) is 168 Å². The van der Waals surface area contributed by atoms with E-state index in [0.717, 1.165) is 32.1 Å². The first-order valence-corrected chi connectivity index (χ1v) is 30.2. The largest absolute Gasteiger partial charge is 0.341 e. The van der Waals surface area contributed by atoms with E-state index in [9.17, 15) is 0 Å². The van der Waals surface area contributed by atoms with E-state index in [2.05, 4.69) is 247 Å². The highest BCUT2D eigenvalue weighted by Crippen LogP contribution is 2.72. The van der Waals surface area contributed by atoms with Crippen LogP contribution in [0.5, 0.6) is 0 Å². The van der Waals surface area contributed by atoms with Crippen molar-refractivity contribution in [2.75, 3.05) is 4.90 Å². The van der Waals surface area contributed by atoms with Crippen molar-refractivity contribution in [1.82, 2.24) is 4.90 Å². The lowest BCUT2D eigenvalue weighted by molar-refractivity contribution is 0.279. The van der Waals surface area contributed by atoms with Crippen LogP contribution in [-0.4, -0.2) is 28.9 Å². The minimum Gasteiger partial charge on any atom is -0.341 e. The van der Waals surface area contributed by atoms with Crippen LogP contribution >= 0.6 is 11.8 Å². The van der Waals surface area contributed by atoms with Crippen LogP contribution in [0, 0.1) is 35.5 Å². The summed E-state index contributed by atoms with van der Waals surface area (Å²) < 4.78 is 0. The van der Waals surface area contributed by atoms with Crippen molar-refractivity contribution >= 4 is 51.9 Å². The van der Waals surface area contributed by atoms with Gasteiger partial charge < -0.3 is 9.80 Å². The van der Waals surface area contributed by atoms with Gasteiger partial charge in [-0.2, -0.15) is 0 Å². The van der Waals surface area contributed by atoms with Crippen LogP contribution in [0.4, 0.5) is 11.4 Å². The van der Waals surface area contributed by atoms with E-state index in [1.807, 2.05) is 0 Å². The molecule has 9 aliphatic rings. The molecule has 8 atom stereocenters. The van der Waals surface area contributed by atoms with Gasteiger partial charge in [0.1, 0.15) is 0 Å². The first-order chi connectivity index (χ1) is 36.0. The highest BCUT2D eigenvalue weighted by molar-refractivity contribution is 8.04. The molecule has 6 aliphatic carbocycles. The Morgan fingerprint density at radius 2 is 1.45 bits per heavy atom. The molecule has 1 saturated heterocycles. The number of hydrogen-bond acceptors (Lipinski definition) is 3.